The Kier molecular flexibility index (Phi) is 6.27. The third-order valence-electron chi connectivity index (χ3n) is 5.82. The van der Waals surface area contributed by atoms with Gasteiger partial charge in [-0.25, -0.2) is 14.5 Å². The predicted octanol–water partition coefficient (Wildman–Crippen LogP) is 5.07. The normalized spacial score (nSPS) is 15.1. The maximum atomic E-state index is 13.3. The quantitative estimate of drug-likeness (QED) is 0.375. The summed E-state index contributed by atoms with van der Waals surface area (Å²) in [5.41, 5.74) is 3.16. The Morgan fingerprint density at radius 2 is 1.66 bits per heavy atom. The highest BCUT2D eigenvalue weighted by atomic mass is 35.5. The fourth-order valence-electron chi connectivity index (χ4n) is 4.10. The number of hydrogen-bond acceptors (Lipinski definition) is 4. The average Bonchev–Trinajstić information content (AvgIpc) is 3.06. The lowest BCUT2D eigenvalue weighted by atomic mass is 10.1. The van der Waals surface area contributed by atoms with Gasteiger partial charge in [-0.05, 0) is 68.3 Å². The van der Waals surface area contributed by atoms with E-state index in [2.05, 4.69) is 5.32 Å². The van der Waals surface area contributed by atoms with E-state index < -0.39 is 23.8 Å². The number of imide groups is 2. The number of hydrogen-bond donors (Lipinski definition) is 2. The largest absolute Gasteiger partial charge is 0.478 e. The Morgan fingerprint density at radius 1 is 1.00 bits per heavy atom. The van der Waals surface area contributed by atoms with Crippen molar-refractivity contribution in [2.24, 2.45) is 0 Å². The van der Waals surface area contributed by atoms with Crippen molar-refractivity contribution in [3.05, 3.63) is 86.2 Å². The molecule has 0 aliphatic carbocycles. The number of carbonyl (C=O) groups excluding carboxylic acids is 3. The van der Waals surface area contributed by atoms with Gasteiger partial charge in [0.1, 0.15) is 5.57 Å². The molecule has 4 rings (SSSR count). The van der Waals surface area contributed by atoms with E-state index in [4.69, 9.17) is 23.2 Å². The van der Waals surface area contributed by atoms with Crippen LogP contribution >= 0.6 is 23.2 Å². The minimum Gasteiger partial charge on any atom is -0.478 e. The predicted molar refractivity (Wildman–Crippen MR) is 132 cm³/mol. The highest BCUT2D eigenvalue weighted by molar-refractivity contribution is 6.46. The molecule has 0 atom stereocenters. The van der Waals surface area contributed by atoms with Crippen molar-refractivity contribution in [1.82, 2.24) is 9.88 Å². The molecule has 0 saturated carbocycles. The molecule has 2 aromatic carbocycles. The number of aryl methyl sites for hydroxylation is 1. The first kappa shape index (κ1) is 24.3. The molecule has 10 heteroatoms. The van der Waals surface area contributed by atoms with Gasteiger partial charge in [0.2, 0.25) is 0 Å². The fraction of sp³-hybridized carbons (Fsp3) is 0.120. The molecular formula is C25H19Cl2N3O5. The van der Waals surface area contributed by atoms with Gasteiger partial charge in [0.05, 0.1) is 21.3 Å². The lowest BCUT2D eigenvalue weighted by molar-refractivity contribution is -0.122. The van der Waals surface area contributed by atoms with Gasteiger partial charge in [0.15, 0.2) is 0 Å². The zero-order chi connectivity index (χ0) is 25.6. The van der Waals surface area contributed by atoms with Gasteiger partial charge in [-0.2, -0.15) is 0 Å². The fourth-order valence-corrected chi connectivity index (χ4v) is 4.48. The second-order valence-corrected chi connectivity index (χ2v) is 8.73. The lowest BCUT2D eigenvalue weighted by Gasteiger charge is -2.27. The Balaban J connectivity index is 1.82. The molecule has 4 amide bonds. The Labute approximate surface area is 210 Å². The van der Waals surface area contributed by atoms with Gasteiger partial charge in [-0.15, -0.1) is 0 Å². The summed E-state index contributed by atoms with van der Waals surface area (Å²) in [5, 5.41) is 11.8. The minimum absolute atomic E-state index is 0.00155. The first-order valence-electron chi connectivity index (χ1n) is 10.4. The van der Waals surface area contributed by atoms with Crippen LogP contribution in [0.4, 0.5) is 10.5 Å². The summed E-state index contributed by atoms with van der Waals surface area (Å²) >= 11 is 12.3. The molecular weight excluding hydrogens is 493 g/mol. The number of nitrogens with one attached hydrogen (secondary N) is 1. The van der Waals surface area contributed by atoms with E-state index in [1.165, 1.54) is 30.3 Å². The van der Waals surface area contributed by atoms with Crippen LogP contribution in [0.15, 0.2) is 48.0 Å². The molecule has 1 aliphatic heterocycles. The number of carbonyl (C=O) groups is 4. The second-order valence-electron chi connectivity index (χ2n) is 7.95. The molecule has 2 heterocycles. The number of nitrogens with zero attached hydrogens (tertiary/aromatic N) is 2. The van der Waals surface area contributed by atoms with Gasteiger partial charge in [-0.3, -0.25) is 14.9 Å². The van der Waals surface area contributed by atoms with E-state index in [9.17, 15) is 24.3 Å². The summed E-state index contributed by atoms with van der Waals surface area (Å²) in [6.07, 6.45) is 1.39. The molecule has 8 nitrogen and oxygen atoms in total. The van der Waals surface area contributed by atoms with Crippen molar-refractivity contribution in [2.75, 3.05) is 4.90 Å². The number of aromatic nitrogens is 1. The second kappa shape index (κ2) is 9.05. The number of carboxylic acid groups (broad SMARTS) is 1. The smallest absolute Gasteiger partial charge is 0.336 e. The molecule has 0 radical (unpaired) electrons. The maximum absolute atomic E-state index is 13.3. The lowest BCUT2D eigenvalue weighted by Crippen LogP contribution is -2.54. The Bertz CT molecular complexity index is 1470. The number of rotatable bonds is 4. The molecule has 1 aromatic heterocycles. The molecule has 2 N–H and O–H groups in total. The van der Waals surface area contributed by atoms with E-state index in [-0.39, 0.29) is 26.9 Å². The van der Waals surface area contributed by atoms with Crippen molar-refractivity contribution in [3.8, 4) is 5.69 Å². The van der Waals surface area contributed by atoms with Crippen LogP contribution < -0.4 is 10.2 Å². The van der Waals surface area contributed by atoms with Crippen LogP contribution in [-0.2, 0) is 9.59 Å². The molecule has 178 valence electrons. The molecule has 3 aromatic rings. The van der Waals surface area contributed by atoms with Crippen LogP contribution in [0.5, 0.6) is 0 Å². The van der Waals surface area contributed by atoms with Crippen LogP contribution in [0.2, 0.25) is 10.0 Å². The highest BCUT2D eigenvalue weighted by Crippen LogP contribution is 2.35. The van der Waals surface area contributed by atoms with Crippen molar-refractivity contribution in [1.29, 1.82) is 0 Å². The van der Waals surface area contributed by atoms with Gasteiger partial charge in [0, 0.05) is 17.1 Å². The molecule has 1 fully saturated rings. The summed E-state index contributed by atoms with van der Waals surface area (Å²) in [7, 11) is 0. The molecule has 0 bridgehead atoms. The van der Waals surface area contributed by atoms with Gasteiger partial charge < -0.3 is 9.67 Å². The number of carboxylic acids is 1. The van der Waals surface area contributed by atoms with Crippen molar-refractivity contribution >= 4 is 58.8 Å². The number of urea groups is 1. The Hall–Kier alpha value is -3.88. The zero-order valence-electron chi connectivity index (χ0n) is 18.8. The number of amides is 4. The first-order chi connectivity index (χ1) is 16.5. The summed E-state index contributed by atoms with van der Waals surface area (Å²) in [6, 6.07) is 10.3. The van der Waals surface area contributed by atoms with E-state index in [1.54, 1.807) is 32.0 Å². The molecule has 1 saturated heterocycles. The van der Waals surface area contributed by atoms with E-state index in [1.807, 2.05) is 11.5 Å². The molecule has 0 unspecified atom stereocenters. The minimum atomic E-state index is -1.04. The van der Waals surface area contributed by atoms with Crippen LogP contribution in [0.1, 0.15) is 32.9 Å². The number of anilines is 1. The van der Waals surface area contributed by atoms with E-state index in [0.717, 1.165) is 10.6 Å². The van der Waals surface area contributed by atoms with Crippen LogP contribution in [0.25, 0.3) is 11.8 Å². The van der Waals surface area contributed by atoms with Gasteiger partial charge >= 0.3 is 12.0 Å². The maximum Gasteiger partial charge on any atom is 0.336 e. The summed E-state index contributed by atoms with van der Waals surface area (Å²) in [6.45, 7) is 5.33. The van der Waals surface area contributed by atoms with Crippen molar-refractivity contribution in [3.63, 3.8) is 0 Å². The van der Waals surface area contributed by atoms with E-state index in [0.29, 0.717) is 22.5 Å². The number of aromatic carboxylic acids is 1. The Morgan fingerprint density at radius 3 is 2.34 bits per heavy atom. The van der Waals surface area contributed by atoms with Crippen LogP contribution in [0, 0.1) is 20.8 Å². The number of halogens is 2. The van der Waals surface area contributed by atoms with Crippen LogP contribution in [0.3, 0.4) is 0 Å². The SMILES string of the molecule is Cc1c(C(=O)O)cccc1-n1c(C)cc(/C=C2\C(=O)NC(=O)N(c3cccc(Cl)c3Cl)C2=O)c1C. The highest BCUT2D eigenvalue weighted by Gasteiger charge is 2.38. The molecule has 1 aliphatic rings. The topological polar surface area (TPSA) is 109 Å². The van der Waals surface area contributed by atoms with Crippen molar-refractivity contribution in [2.45, 2.75) is 20.8 Å². The zero-order valence-corrected chi connectivity index (χ0v) is 20.4. The first-order valence-corrected chi connectivity index (χ1v) is 11.2. The third kappa shape index (κ3) is 4.11. The molecule has 35 heavy (non-hydrogen) atoms. The van der Waals surface area contributed by atoms with Crippen molar-refractivity contribution < 1.29 is 24.3 Å². The standard InChI is InChI=1S/C25H19Cl2N3O5/c1-12-10-15(14(3)29(12)19-8-4-6-16(13(19)2)24(33)34)11-17-22(31)28-25(35)30(23(17)32)20-9-5-7-18(26)21(20)27/h4-11H,1-3H3,(H,33,34)(H,28,31,35)/b17-11+. The van der Waals surface area contributed by atoms with Gasteiger partial charge in [-0.1, -0.05) is 35.3 Å². The van der Waals surface area contributed by atoms with Gasteiger partial charge in [0.25, 0.3) is 11.8 Å². The number of barbiturate groups is 1. The monoisotopic (exact) mass is 511 g/mol. The van der Waals surface area contributed by atoms with Crippen LogP contribution in [-0.4, -0.2) is 33.5 Å². The summed E-state index contributed by atoms with van der Waals surface area (Å²) in [5.74, 6) is -2.73. The van der Waals surface area contributed by atoms with E-state index >= 15 is 0 Å². The average molecular weight is 512 g/mol. The third-order valence-corrected chi connectivity index (χ3v) is 6.63. The summed E-state index contributed by atoms with van der Waals surface area (Å²) in [4.78, 5) is 50.7. The number of benzene rings is 2. The summed E-state index contributed by atoms with van der Waals surface area (Å²) < 4.78 is 1.84. The molecule has 0 spiro atoms.